The Labute approximate surface area is 169 Å². The second-order valence-corrected chi connectivity index (χ2v) is 7.14. The predicted molar refractivity (Wildman–Crippen MR) is 106 cm³/mol. The van der Waals surface area contributed by atoms with Crippen LogP contribution < -0.4 is 15.1 Å². The minimum Gasteiger partial charge on any atom is -0.497 e. The van der Waals surface area contributed by atoms with E-state index in [-0.39, 0.29) is 12.5 Å². The molecule has 3 heterocycles. The predicted octanol–water partition coefficient (Wildman–Crippen LogP) is 0.599. The minimum absolute atomic E-state index is 0.158. The molecule has 0 saturated carbocycles. The van der Waals surface area contributed by atoms with Crippen molar-refractivity contribution in [3.8, 4) is 5.75 Å². The maximum absolute atomic E-state index is 13.4. The standard InChI is InChI=1S/C20H26N4O5/c1-3-29-18(25)17-16-8-9-21-19(26)20(16,23-10-12-28-13-11-23)24(22-17)14-4-6-15(27-2)7-5-14/h4-7,16H,3,8-13H2,1-2H3,(H,21,26)/t16-,20-/m1/s1. The Hall–Kier alpha value is -2.65. The number of hydrogen-bond acceptors (Lipinski definition) is 8. The van der Waals surface area contributed by atoms with Crippen LogP contribution in [0.5, 0.6) is 5.75 Å². The molecule has 9 nitrogen and oxygen atoms in total. The van der Waals surface area contributed by atoms with E-state index in [0.717, 1.165) is 0 Å². The third kappa shape index (κ3) is 3.14. The molecule has 0 radical (unpaired) electrons. The molecule has 1 aromatic rings. The molecule has 2 atom stereocenters. The molecule has 2 saturated heterocycles. The quantitative estimate of drug-likeness (QED) is 0.721. The van der Waals surface area contributed by atoms with E-state index in [2.05, 4.69) is 15.3 Å². The van der Waals surface area contributed by atoms with Crippen molar-refractivity contribution in [2.24, 2.45) is 11.0 Å². The molecule has 1 amide bonds. The highest BCUT2D eigenvalue weighted by molar-refractivity contribution is 6.39. The van der Waals surface area contributed by atoms with Gasteiger partial charge in [-0.1, -0.05) is 0 Å². The molecule has 9 heteroatoms. The van der Waals surface area contributed by atoms with Crippen molar-refractivity contribution in [2.45, 2.75) is 19.0 Å². The highest BCUT2D eigenvalue weighted by atomic mass is 16.5. The van der Waals surface area contributed by atoms with Gasteiger partial charge >= 0.3 is 5.97 Å². The molecule has 0 spiro atoms. The summed E-state index contributed by atoms with van der Waals surface area (Å²) in [6, 6.07) is 7.32. The summed E-state index contributed by atoms with van der Waals surface area (Å²) in [7, 11) is 1.60. The maximum atomic E-state index is 13.4. The second-order valence-electron chi connectivity index (χ2n) is 7.14. The Kier molecular flexibility index (Phi) is 5.42. The van der Waals surface area contributed by atoms with Crippen LogP contribution in [0.3, 0.4) is 0 Å². The number of anilines is 1. The molecule has 156 valence electrons. The van der Waals surface area contributed by atoms with Crippen LogP contribution in [-0.4, -0.2) is 74.7 Å². The summed E-state index contributed by atoms with van der Waals surface area (Å²) < 4.78 is 16.0. The number of carbonyl (C=O) groups excluding carboxylic acids is 2. The molecular weight excluding hydrogens is 376 g/mol. The van der Waals surface area contributed by atoms with Gasteiger partial charge < -0.3 is 19.5 Å². The first-order chi connectivity index (χ1) is 14.1. The number of esters is 1. The first kappa shape index (κ1) is 19.7. The number of rotatable bonds is 5. The van der Waals surface area contributed by atoms with E-state index < -0.39 is 17.6 Å². The average molecular weight is 402 g/mol. The Balaban J connectivity index is 1.84. The van der Waals surface area contributed by atoms with Gasteiger partial charge in [0.2, 0.25) is 5.66 Å². The lowest BCUT2D eigenvalue weighted by atomic mass is 9.80. The number of ether oxygens (including phenoxy) is 3. The number of methoxy groups -OCH3 is 1. The number of hydrogen-bond donors (Lipinski definition) is 1. The lowest BCUT2D eigenvalue weighted by Gasteiger charge is -2.50. The van der Waals surface area contributed by atoms with Crippen molar-refractivity contribution < 1.29 is 23.8 Å². The number of amides is 1. The monoisotopic (exact) mass is 402 g/mol. The minimum atomic E-state index is -1.13. The van der Waals surface area contributed by atoms with Crippen molar-refractivity contribution in [1.29, 1.82) is 0 Å². The van der Waals surface area contributed by atoms with Gasteiger partial charge in [0.05, 0.1) is 38.5 Å². The Morgan fingerprint density at radius 2 is 2.03 bits per heavy atom. The molecule has 0 unspecified atom stereocenters. The number of fused-ring (bicyclic) bond motifs is 1. The van der Waals surface area contributed by atoms with E-state index in [1.54, 1.807) is 19.0 Å². The number of hydrazone groups is 1. The summed E-state index contributed by atoms with van der Waals surface area (Å²) in [5.41, 5.74) is -0.124. The van der Waals surface area contributed by atoms with E-state index >= 15 is 0 Å². The second kappa shape index (κ2) is 8.00. The normalized spacial score (nSPS) is 27.1. The molecule has 0 bridgehead atoms. The average Bonchev–Trinajstić information content (AvgIpc) is 3.12. The summed E-state index contributed by atoms with van der Waals surface area (Å²) in [6.45, 7) is 4.69. The van der Waals surface area contributed by atoms with Crippen LogP contribution in [-0.2, 0) is 19.1 Å². The lowest BCUT2D eigenvalue weighted by molar-refractivity contribution is -0.143. The highest BCUT2D eigenvalue weighted by Gasteiger charge is 2.63. The van der Waals surface area contributed by atoms with Crippen LogP contribution in [0, 0.1) is 5.92 Å². The third-order valence-electron chi connectivity index (χ3n) is 5.69. The number of nitrogens with zero attached hydrogens (tertiary/aromatic N) is 3. The van der Waals surface area contributed by atoms with E-state index in [1.807, 2.05) is 24.3 Å². The maximum Gasteiger partial charge on any atom is 0.354 e. The van der Waals surface area contributed by atoms with Crippen LogP contribution in [0.4, 0.5) is 5.69 Å². The Bertz CT molecular complexity index is 806. The van der Waals surface area contributed by atoms with E-state index in [1.165, 1.54) is 0 Å². The van der Waals surface area contributed by atoms with Gasteiger partial charge in [-0.3, -0.25) is 9.69 Å². The van der Waals surface area contributed by atoms with Crippen molar-refractivity contribution in [1.82, 2.24) is 10.2 Å². The van der Waals surface area contributed by atoms with Crippen LogP contribution in [0.15, 0.2) is 29.4 Å². The van der Waals surface area contributed by atoms with Crippen molar-refractivity contribution in [3.63, 3.8) is 0 Å². The fourth-order valence-corrected chi connectivity index (χ4v) is 4.41. The van der Waals surface area contributed by atoms with Crippen LogP contribution in [0.25, 0.3) is 0 Å². The summed E-state index contributed by atoms with van der Waals surface area (Å²) in [6.07, 6.45) is 0.605. The third-order valence-corrected chi connectivity index (χ3v) is 5.69. The smallest absolute Gasteiger partial charge is 0.354 e. The Morgan fingerprint density at radius 1 is 1.31 bits per heavy atom. The first-order valence-electron chi connectivity index (χ1n) is 9.94. The molecule has 3 aliphatic heterocycles. The fraction of sp³-hybridized carbons (Fsp3) is 0.550. The van der Waals surface area contributed by atoms with Crippen LogP contribution in [0.1, 0.15) is 13.3 Å². The molecule has 1 aromatic carbocycles. The SMILES string of the molecule is CCOC(=O)C1=NN(c2ccc(OC)cc2)[C@@]2(N3CCOCC3)C(=O)NCC[C@H]12. The van der Waals surface area contributed by atoms with Gasteiger partial charge in [0, 0.05) is 19.6 Å². The summed E-state index contributed by atoms with van der Waals surface area (Å²) in [5.74, 6) is -0.321. The largest absolute Gasteiger partial charge is 0.497 e. The summed E-state index contributed by atoms with van der Waals surface area (Å²) >= 11 is 0. The van der Waals surface area contributed by atoms with Crippen molar-refractivity contribution >= 4 is 23.3 Å². The number of piperidine rings is 1. The van der Waals surface area contributed by atoms with Gasteiger partial charge in [0.25, 0.3) is 5.91 Å². The highest BCUT2D eigenvalue weighted by Crippen LogP contribution is 2.44. The topological polar surface area (TPSA) is 92.7 Å². The Morgan fingerprint density at radius 3 is 2.69 bits per heavy atom. The number of nitrogens with one attached hydrogen (secondary N) is 1. The summed E-state index contributed by atoms with van der Waals surface area (Å²) in [4.78, 5) is 28.3. The van der Waals surface area contributed by atoms with Crippen molar-refractivity contribution in [3.05, 3.63) is 24.3 Å². The van der Waals surface area contributed by atoms with Gasteiger partial charge in [-0.05, 0) is 37.6 Å². The number of carbonyl (C=O) groups is 2. The molecule has 4 rings (SSSR count). The number of morpholine rings is 1. The molecule has 29 heavy (non-hydrogen) atoms. The molecular formula is C20H26N4O5. The first-order valence-corrected chi connectivity index (χ1v) is 9.94. The van der Waals surface area contributed by atoms with Crippen molar-refractivity contribution in [2.75, 3.05) is 51.6 Å². The van der Waals surface area contributed by atoms with Gasteiger partial charge in [0.1, 0.15) is 5.75 Å². The zero-order valence-corrected chi connectivity index (χ0v) is 16.7. The van der Waals surface area contributed by atoms with Gasteiger partial charge in [-0.2, -0.15) is 5.10 Å². The molecule has 0 aromatic heterocycles. The summed E-state index contributed by atoms with van der Waals surface area (Å²) in [5, 5.41) is 9.34. The van der Waals surface area contributed by atoms with E-state index in [0.29, 0.717) is 56.4 Å². The zero-order chi connectivity index (χ0) is 20.4. The zero-order valence-electron chi connectivity index (χ0n) is 16.7. The fourth-order valence-electron chi connectivity index (χ4n) is 4.41. The van der Waals surface area contributed by atoms with E-state index in [4.69, 9.17) is 14.2 Å². The van der Waals surface area contributed by atoms with Crippen LogP contribution >= 0.6 is 0 Å². The molecule has 0 aliphatic carbocycles. The molecule has 3 aliphatic rings. The van der Waals surface area contributed by atoms with Gasteiger partial charge in [-0.15, -0.1) is 0 Å². The van der Waals surface area contributed by atoms with Gasteiger partial charge in [-0.25, -0.2) is 9.80 Å². The lowest BCUT2D eigenvalue weighted by Crippen LogP contribution is -2.73. The molecule has 1 N–H and O–H groups in total. The van der Waals surface area contributed by atoms with Crippen LogP contribution in [0.2, 0.25) is 0 Å². The van der Waals surface area contributed by atoms with E-state index in [9.17, 15) is 9.59 Å². The molecule has 2 fully saturated rings. The van der Waals surface area contributed by atoms with Gasteiger partial charge in [0.15, 0.2) is 5.71 Å². The number of benzene rings is 1.